The highest BCUT2D eigenvalue weighted by atomic mass is 35.5. The van der Waals surface area contributed by atoms with E-state index in [9.17, 15) is 42.7 Å². The van der Waals surface area contributed by atoms with Crippen LogP contribution in [0.4, 0.5) is 8.78 Å². The number of ketones is 2. The zero-order chi connectivity index (χ0) is 50.9. The van der Waals surface area contributed by atoms with Gasteiger partial charge in [0.15, 0.2) is 34.5 Å². The van der Waals surface area contributed by atoms with Gasteiger partial charge in [-0.1, -0.05) is 77.8 Å². The normalized spacial score (nSPS) is 21.0. The van der Waals surface area contributed by atoms with Crippen LogP contribution in [0.15, 0.2) is 88.7 Å². The molecule has 2 aromatic heterocycles. The summed E-state index contributed by atoms with van der Waals surface area (Å²) in [5.41, 5.74) is -1.37. The van der Waals surface area contributed by atoms with E-state index in [4.69, 9.17) is 37.4 Å². The van der Waals surface area contributed by atoms with E-state index < -0.39 is 56.8 Å². The van der Waals surface area contributed by atoms with Crippen molar-refractivity contribution in [1.82, 2.24) is 18.9 Å². The average Bonchev–Trinajstić information content (AvgIpc) is 3.32. The van der Waals surface area contributed by atoms with E-state index in [0.717, 1.165) is 18.4 Å². The number of aryl methyl sites for hydroxylation is 2. The maximum Gasteiger partial charge on any atom is 0.274 e. The van der Waals surface area contributed by atoms with Gasteiger partial charge >= 0.3 is 0 Å². The molecule has 4 heterocycles. The second-order valence-corrected chi connectivity index (χ2v) is 20.0. The minimum atomic E-state index is -0.889. The van der Waals surface area contributed by atoms with Gasteiger partial charge < -0.3 is 38.3 Å². The number of likely N-dealkylation sites (N-methyl/N-ethyl adjacent to an activating group) is 2. The van der Waals surface area contributed by atoms with E-state index >= 15 is 0 Å². The molecule has 4 aliphatic rings. The van der Waals surface area contributed by atoms with Crippen molar-refractivity contribution in [2.75, 3.05) is 54.6 Å². The lowest BCUT2D eigenvalue weighted by Crippen LogP contribution is -2.60. The number of nitrogens with zero attached hydrogens (tertiary/aromatic N) is 4. The Balaban J connectivity index is 0.000000194. The first-order valence-electron chi connectivity index (χ1n) is 23.3. The van der Waals surface area contributed by atoms with Gasteiger partial charge in [-0.15, -0.1) is 0 Å². The summed E-state index contributed by atoms with van der Waals surface area (Å²) in [7, 11) is 6.61. The van der Waals surface area contributed by atoms with Crippen LogP contribution in [0.3, 0.4) is 0 Å². The van der Waals surface area contributed by atoms with Crippen molar-refractivity contribution in [2.24, 2.45) is 11.8 Å². The summed E-state index contributed by atoms with van der Waals surface area (Å²) in [4.78, 5) is 82.1. The van der Waals surface area contributed by atoms with Gasteiger partial charge in [0.1, 0.15) is 18.2 Å². The number of Topliss-reactive ketones (excluding diaryl/α,β-unsaturated/α-hetero) is 2. The van der Waals surface area contributed by atoms with Gasteiger partial charge in [0.2, 0.25) is 10.9 Å². The molecule has 71 heavy (non-hydrogen) atoms. The molecule has 9 rings (SSSR count). The summed E-state index contributed by atoms with van der Waals surface area (Å²) in [5.74, 6) is -3.26. The third-order valence-corrected chi connectivity index (χ3v) is 14.7. The topological polar surface area (TPSA) is 167 Å². The van der Waals surface area contributed by atoms with Gasteiger partial charge in [0.05, 0.1) is 32.3 Å². The van der Waals surface area contributed by atoms with Crippen LogP contribution in [0.2, 0.25) is 10.0 Å². The highest BCUT2D eigenvalue weighted by Gasteiger charge is 2.53. The van der Waals surface area contributed by atoms with Crippen LogP contribution in [0, 0.1) is 23.5 Å². The smallest absolute Gasteiger partial charge is 0.274 e. The summed E-state index contributed by atoms with van der Waals surface area (Å²) in [6.07, 6.45) is 5.63. The van der Waals surface area contributed by atoms with Gasteiger partial charge in [0, 0.05) is 79.9 Å². The minimum Gasteiger partial charge on any atom is -0.503 e. The molecule has 1 N–H and O–H groups in total. The van der Waals surface area contributed by atoms with E-state index in [1.165, 1.54) is 35.5 Å². The van der Waals surface area contributed by atoms with E-state index in [1.54, 1.807) is 60.5 Å². The maximum atomic E-state index is 14.4. The number of hydrogen-bond donors (Lipinski definition) is 1. The number of halogens is 4. The van der Waals surface area contributed by atoms with Crippen LogP contribution >= 0.6 is 23.2 Å². The Labute approximate surface area is 418 Å². The molecule has 2 saturated carbocycles. The van der Waals surface area contributed by atoms with Crippen LogP contribution in [-0.4, -0.2) is 102 Å². The molecule has 14 nitrogen and oxygen atoms in total. The summed E-state index contributed by atoms with van der Waals surface area (Å²) in [6.45, 7) is 2.07. The molecule has 0 saturated heterocycles. The summed E-state index contributed by atoms with van der Waals surface area (Å²) < 4.78 is 48.6. The Morgan fingerprint density at radius 1 is 0.662 bits per heavy atom. The van der Waals surface area contributed by atoms with Crippen molar-refractivity contribution in [2.45, 2.75) is 69.1 Å². The van der Waals surface area contributed by atoms with E-state index in [2.05, 4.69) is 0 Å². The van der Waals surface area contributed by atoms with Crippen LogP contribution in [0.1, 0.15) is 96.9 Å². The van der Waals surface area contributed by atoms with Gasteiger partial charge in [-0.3, -0.25) is 28.8 Å². The van der Waals surface area contributed by atoms with Gasteiger partial charge in [-0.05, 0) is 79.2 Å². The molecular weight excluding hydrogens is 962 g/mol. The number of methoxy groups -OCH3 is 2. The Kier molecular flexibility index (Phi) is 15.0. The minimum absolute atomic E-state index is 0.0226. The van der Waals surface area contributed by atoms with E-state index in [1.807, 2.05) is 30.3 Å². The fraction of sp³-hybridized carbons (Fsp3) is 0.396. The summed E-state index contributed by atoms with van der Waals surface area (Å²) in [6, 6.07) is 18.5. The van der Waals surface area contributed by atoms with Gasteiger partial charge in [-0.2, -0.15) is 0 Å². The molecule has 2 aliphatic heterocycles. The number of carbonyl (C=O) groups is 4. The van der Waals surface area contributed by atoms with Crippen LogP contribution < -0.4 is 15.6 Å². The number of aromatic nitrogens is 2. The van der Waals surface area contributed by atoms with Crippen LogP contribution in [-0.2, 0) is 40.0 Å². The monoisotopic (exact) mass is 1010 g/mol. The number of rotatable bonds is 15. The second kappa shape index (κ2) is 20.9. The zero-order valence-corrected chi connectivity index (χ0v) is 41.3. The van der Waals surface area contributed by atoms with Crippen molar-refractivity contribution in [3.05, 3.63) is 160 Å². The third kappa shape index (κ3) is 9.91. The lowest BCUT2D eigenvalue weighted by atomic mass is 9.67. The lowest BCUT2D eigenvalue weighted by Gasteiger charge is -2.54. The van der Waals surface area contributed by atoms with Gasteiger partial charge in [-0.25, -0.2) is 8.78 Å². The highest BCUT2D eigenvalue weighted by Crippen LogP contribution is 2.49. The van der Waals surface area contributed by atoms with Crippen molar-refractivity contribution in [3.8, 4) is 11.5 Å². The Hall–Kier alpha value is -6.20. The average molecular weight is 1020 g/mol. The van der Waals surface area contributed by atoms with Crippen molar-refractivity contribution in [1.29, 1.82) is 0 Å². The molecule has 2 spiro atoms. The number of ether oxygens (including phenoxy) is 3. The predicted octanol–water partition coefficient (Wildman–Crippen LogP) is 7.87. The number of aromatic hydroxyl groups is 1. The fourth-order valence-electron chi connectivity index (χ4n) is 10.8. The van der Waals surface area contributed by atoms with Crippen molar-refractivity contribution >= 4 is 46.6 Å². The Morgan fingerprint density at radius 3 is 1.59 bits per heavy atom. The summed E-state index contributed by atoms with van der Waals surface area (Å²) in [5, 5.41) is 10.6. The Morgan fingerprint density at radius 2 is 1.11 bits per heavy atom. The standard InChI is InChI=1S/C30H30ClFN2O5.C23H24ClFN2O5/c1-33-18-30(13-20(14-30)16-38-2)34-15-22(24(35)12-11-21-9-6-10-23(31)25(21)32)27(36)28(26(34)29(33)37)39-17-19-7-4-3-5-8-19;1-26-12-23(8-13(9-23)11-32-2)27-10-15(20(29)21(30)19(27)22(26)31)17(28)7-6-14-4-3-5-16(24)18(14)25/h3-10,15,20H,11-14,16-18H2,1-2H3;3-5,10,13,30H,6-9,11-12H2,1-2H3. The first-order chi connectivity index (χ1) is 33.9. The molecule has 0 atom stereocenters. The van der Waals surface area contributed by atoms with Crippen molar-refractivity contribution < 1.29 is 47.3 Å². The first-order valence-corrected chi connectivity index (χ1v) is 24.0. The number of benzene rings is 3. The lowest BCUT2D eigenvalue weighted by molar-refractivity contribution is -0.0192. The third-order valence-electron chi connectivity index (χ3n) is 14.1. The largest absolute Gasteiger partial charge is 0.503 e. The molecule has 0 radical (unpaired) electrons. The number of carbonyl (C=O) groups excluding carboxylic acids is 4. The molecule has 0 unspecified atom stereocenters. The maximum absolute atomic E-state index is 14.4. The zero-order valence-electron chi connectivity index (χ0n) is 39.8. The number of hydrogen-bond acceptors (Lipinski definition) is 10. The first kappa shape index (κ1) is 51.2. The molecule has 2 fully saturated rings. The van der Waals surface area contributed by atoms with Crippen LogP contribution in [0.25, 0.3) is 0 Å². The molecule has 0 bridgehead atoms. The molecule has 374 valence electrons. The van der Waals surface area contributed by atoms with Gasteiger partial charge in [0.25, 0.3) is 11.8 Å². The molecule has 5 aromatic rings. The molecular formula is C53H54Cl2F2N4O10. The molecule has 18 heteroatoms. The van der Waals surface area contributed by atoms with E-state index in [-0.39, 0.29) is 88.0 Å². The number of amides is 2. The SMILES string of the molecule is COCC1CC2(C1)CN(C)C(=O)c1c(O)c(=O)c(C(=O)CCc3cccc(Cl)c3F)cn12.COCC1CC2(C1)CN(C)C(=O)c1c(OCc3ccccc3)c(=O)c(C(=O)CCc3cccc(Cl)c3F)cn12. The molecule has 3 aromatic carbocycles. The van der Waals surface area contributed by atoms with Crippen molar-refractivity contribution in [3.63, 3.8) is 0 Å². The molecule has 2 amide bonds. The predicted molar refractivity (Wildman–Crippen MR) is 261 cm³/mol. The highest BCUT2D eigenvalue weighted by molar-refractivity contribution is 6.31. The molecule has 2 aliphatic carbocycles. The second-order valence-electron chi connectivity index (χ2n) is 19.1. The Bertz CT molecular complexity index is 3020. The fourth-order valence-corrected chi connectivity index (χ4v) is 11.2. The number of pyridine rings is 2. The summed E-state index contributed by atoms with van der Waals surface area (Å²) >= 11 is 11.7. The number of fused-ring (bicyclic) bond motifs is 4. The quantitative estimate of drug-likeness (QED) is 0.102. The van der Waals surface area contributed by atoms with Crippen LogP contribution in [0.5, 0.6) is 11.5 Å². The van der Waals surface area contributed by atoms with E-state index in [0.29, 0.717) is 50.6 Å².